The van der Waals surface area contributed by atoms with Crippen molar-refractivity contribution in [3.63, 3.8) is 0 Å². The molecule has 0 bridgehead atoms. The molecule has 0 amide bonds. The molecule has 0 aromatic carbocycles. The molecular formula is C6H18Si2. The molecule has 0 rings (SSSR count). The lowest BCUT2D eigenvalue weighted by atomic mass is 10.3. The van der Waals surface area contributed by atoms with Crippen LogP contribution >= 0.6 is 0 Å². The van der Waals surface area contributed by atoms with Crippen LogP contribution in [0.4, 0.5) is 0 Å². The lowest BCUT2D eigenvalue weighted by molar-refractivity contribution is 0.765. The van der Waals surface area contributed by atoms with Gasteiger partial charge in [0, 0.05) is 19.8 Å². The Kier molecular flexibility index (Phi) is 5.87. The Bertz CT molecular complexity index is 45.8. The molecule has 0 saturated carbocycles. The number of hydrogen-bond acceptors (Lipinski definition) is 0. The van der Waals surface area contributed by atoms with Gasteiger partial charge in [0.2, 0.25) is 0 Å². The van der Waals surface area contributed by atoms with Crippen molar-refractivity contribution in [3.05, 3.63) is 0 Å². The number of rotatable bonds is 4. The van der Waals surface area contributed by atoms with Gasteiger partial charge in [0.15, 0.2) is 0 Å². The lowest BCUT2D eigenvalue weighted by Gasteiger charge is -2.04. The Labute approximate surface area is 58.3 Å². The van der Waals surface area contributed by atoms with Gasteiger partial charge in [-0.15, -0.1) is 0 Å². The molecule has 8 heavy (non-hydrogen) atoms. The van der Waals surface area contributed by atoms with Crippen LogP contribution in [-0.2, 0) is 0 Å². The van der Waals surface area contributed by atoms with Crippen LogP contribution in [-0.4, -0.2) is 19.8 Å². The predicted octanol–water partition coefficient (Wildman–Crippen LogP) is 0.576. The first kappa shape index (κ1) is 8.43. The molecule has 1 atom stereocenters. The van der Waals surface area contributed by atoms with E-state index in [1.807, 2.05) is 0 Å². The molecule has 0 aliphatic heterocycles. The molecule has 0 fully saturated rings. The van der Waals surface area contributed by atoms with Crippen LogP contribution in [0, 0.1) is 0 Å². The van der Waals surface area contributed by atoms with Gasteiger partial charge in [0.1, 0.15) is 0 Å². The summed E-state index contributed by atoms with van der Waals surface area (Å²) in [4.78, 5) is 0. The zero-order valence-corrected chi connectivity index (χ0v) is 9.82. The summed E-state index contributed by atoms with van der Waals surface area (Å²) in [5.41, 5.74) is 1.13. The van der Waals surface area contributed by atoms with Crippen molar-refractivity contribution in [1.29, 1.82) is 0 Å². The van der Waals surface area contributed by atoms with Crippen molar-refractivity contribution < 1.29 is 0 Å². The fraction of sp³-hybridized carbons (Fsp3) is 1.00. The van der Waals surface area contributed by atoms with E-state index in [4.69, 9.17) is 0 Å². The summed E-state index contributed by atoms with van der Waals surface area (Å²) in [7, 11) is 1.81. The summed E-state index contributed by atoms with van der Waals surface area (Å²) in [6.07, 6.45) is 2.98. The fourth-order valence-electron chi connectivity index (χ4n) is 0.757. The minimum absolute atomic E-state index is 0.384. The lowest BCUT2D eigenvalue weighted by Crippen LogP contribution is -1.91. The van der Waals surface area contributed by atoms with Crippen molar-refractivity contribution >= 4 is 19.8 Å². The van der Waals surface area contributed by atoms with Gasteiger partial charge in [0.25, 0.3) is 0 Å². The fourth-order valence-corrected chi connectivity index (χ4v) is 3.09. The average Bonchev–Trinajstić information content (AvgIpc) is 1.83. The topological polar surface area (TPSA) is 0 Å². The molecule has 50 valence electrons. The van der Waals surface area contributed by atoms with Crippen LogP contribution in [0.15, 0.2) is 0 Å². The van der Waals surface area contributed by atoms with Crippen molar-refractivity contribution in [2.45, 2.75) is 37.9 Å². The van der Waals surface area contributed by atoms with Crippen LogP contribution in [0.5, 0.6) is 0 Å². The molecule has 0 spiro atoms. The predicted molar refractivity (Wildman–Crippen MR) is 47.8 cm³/mol. The molecule has 0 aromatic heterocycles. The maximum Gasteiger partial charge on any atom is 0.0166 e. The maximum absolute atomic E-state index is 2.41. The SMILES string of the molecule is CCC([SiH3])CC[SiH2]C. The molecule has 0 N–H and O–H groups in total. The van der Waals surface area contributed by atoms with Gasteiger partial charge in [0.05, 0.1) is 0 Å². The molecule has 0 aromatic rings. The monoisotopic (exact) mass is 146 g/mol. The second-order valence-corrected chi connectivity index (χ2v) is 6.00. The minimum atomic E-state index is 0.384. The van der Waals surface area contributed by atoms with E-state index in [0.29, 0.717) is 9.52 Å². The quantitative estimate of drug-likeness (QED) is 0.509. The van der Waals surface area contributed by atoms with E-state index in [1.54, 1.807) is 12.5 Å². The van der Waals surface area contributed by atoms with Gasteiger partial charge in [-0.05, 0) is 0 Å². The highest BCUT2D eigenvalue weighted by Gasteiger charge is 1.94. The Morgan fingerprint density at radius 2 is 2.25 bits per heavy atom. The van der Waals surface area contributed by atoms with E-state index < -0.39 is 0 Å². The van der Waals surface area contributed by atoms with Crippen LogP contribution in [0.25, 0.3) is 0 Å². The van der Waals surface area contributed by atoms with Gasteiger partial charge in [-0.25, -0.2) is 0 Å². The summed E-state index contributed by atoms with van der Waals surface area (Å²) in [5.74, 6) is 0. The second-order valence-electron chi connectivity index (χ2n) is 2.66. The molecule has 2 heteroatoms. The van der Waals surface area contributed by atoms with Gasteiger partial charge in [-0.2, -0.15) is 0 Å². The largest absolute Gasteiger partial charge is 0.0748 e. The average molecular weight is 146 g/mol. The van der Waals surface area contributed by atoms with E-state index in [-0.39, 0.29) is 0 Å². The van der Waals surface area contributed by atoms with Crippen molar-refractivity contribution in [1.82, 2.24) is 0 Å². The second kappa shape index (κ2) is 5.57. The van der Waals surface area contributed by atoms with Crippen molar-refractivity contribution in [2.75, 3.05) is 0 Å². The van der Waals surface area contributed by atoms with E-state index in [0.717, 1.165) is 5.54 Å². The summed E-state index contributed by atoms with van der Waals surface area (Å²) >= 11 is 0. The normalized spacial score (nSPS) is 15.8. The van der Waals surface area contributed by atoms with E-state index in [1.165, 1.54) is 16.7 Å². The molecule has 0 heterocycles. The molecule has 1 unspecified atom stereocenters. The first-order valence-corrected chi connectivity index (χ1v) is 7.38. The third-order valence-electron chi connectivity index (χ3n) is 1.75. The third-order valence-corrected chi connectivity index (χ3v) is 4.26. The highest BCUT2D eigenvalue weighted by atomic mass is 28.2. The van der Waals surface area contributed by atoms with Gasteiger partial charge in [-0.3, -0.25) is 0 Å². The molecule has 0 aliphatic carbocycles. The summed E-state index contributed by atoms with van der Waals surface area (Å²) < 4.78 is 0. The van der Waals surface area contributed by atoms with Gasteiger partial charge >= 0.3 is 0 Å². The van der Waals surface area contributed by atoms with Crippen molar-refractivity contribution in [2.24, 2.45) is 0 Å². The zero-order chi connectivity index (χ0) is 6.41. The molecule has 0 saturated heterocycles. The summed E-state index contributed by atoms with van der Waals surface area (Å²) in [5, 5.41) is 0. The van der Waals surface area contributed by atoms with E-state index in [9.17, 15) is 0 Å². The smallest absolute Gasteiger partial charge is 0.0166 e. The van der Waals surface area contributed by atoms with Crippen LogP contribution in [0.3, 0.4) is 0 Å². The molecule has 0 nitrogen and oxygen atoms in total. The third kappa shape index (κ3) is 4.59. The van der Waals surface area contributed by atoms with E-state index >= 15 is 0 Å². The van der Waals surface area contributed by atoms with Crippen LogP contribution < -0.4 is 0 Å². The Balaban J connectivity index is 2.86. The van der Waals surface area contributed by atoms with Crippen LogP contribution in [0.1, 0.15) is 19.8 Å². The molecular weight excluding hydrogens is 128 g/mol. The standard InChI is InChI=1S/C6H18Si2/c1-3-6(7)4-5-8-2/h6H,3-5,8H2,1-2,7H3. The first-order chi connectivity index (χ1) is 3.81. The first-order valence-electron chi connectivity index (χ1n) is 3.81. The van der Waals surface area contributed by atoms with Gasteiger partial charge in [-0.1, -0.05) is 37.9 Å². The Morgan fingerprint density at radius 1 is 1.62 bits per heavy atom. The van der Waals surface area contributed by atoms with Gasteiger partial charge < -0.3 is 0 Å². The minimum Gasteiger partial charge on any atom is -0.0748 e. The Morgan fingerprint density at radius 3 is 2.62 bits per heavy atom. The highest BCUT2D eigenvalue weighted by Crippen LogP contribution is 2.11. The zero-order valence-electron chi connectivity index (χ0n) is 6.41. The van der Waals surface area contributed by atoms with Crippen LogP contribution in [0.2, 0.25) is 18.1 Å². The summed E-state index contributed by atoms with van der Waals surface area (Å²) in [6, 6.07) is 1.59. The summed E-state index contributed by atoms with van der Waals surface area (Å²) in [6.45, 7) is 4.72. The molecule has 0 radical (unpaired) electrons. The number of hydrogen-bond donors (Lipinski definition) is 0. The Hall–Kier alpha value is 0.434. The maximum atomic E-state index is 2.41. The highest BCUT2D eigenvalue weighted by molar-refractivity contribution is 6.33. The van der Waals surface area contributed by atoms with E-state index in [2.05, 4.69) is 13.5 Å². The molecule has 0 aliphatic rings. The van der Waals surface area contributed by atoms with Crippen molar-refractivity contribution in [3.8, 4) is 0 Å².